The molecular weight excluding hydrogens is 314 g/mol. The van der Waals surface area contributed by atoms with Crippen LogP contribution in [-0.2, 0) is 6.54 Å². The summed E-state index contributed by atoms with van der Waals surface area (Å²) < 4.78 is 5.32. The summed E-state index contributed by atoms with van der Waals surface area (Å²) in [6, 6.07) is 8.66. The third kappa shape index (κ3) is 3.17. The highest BCUT2D eigenvalue weighted by Crippen LogP contribution is 2.32. The third-order valence-electron chi connectivity index (χ3n) is 4.87. The molecule has 1 aliphatic heterocycles. The molecule has 1 atom stereocenters. The number of methoxy groups -OCH3 is 1. The molecule has 1 saturated heterocycles. The second-order valence-electron chi connectivity index (χ2n) is 6.46. The molecule has 130 valence electrons. The van der Waals surface area contributed by atoms with Crippen LogP contribution in [0.25, 0.3) is 10.9 Å². The molecule has 3 aromatic rings. The number of nitrogens with one attached hydrogen (secondary N) is 2. The number of fused-ring (bicyclic) bond motifs is 1. The highest BCUT2D eigenvalue weighted by Gasteiger charge is 2.28. The molecule has 3 heterocycles. The van der Waals surface area contributed by atoms with Crippen LogP contribution in [0.3, 0.4) is 0 Å². The van der Waals surface area contributed by atoms with E-state index in [1.807, 2.05) is 19.3 Å². The van der Waals surface area contributed by atoms with Crippen molar-refractivity contribution in [2.45, 2.75) is 25.4 Å². The van der Waals surface area contributed by atoms with Crippen LogP contribution < -0.4 is 10.1 Å². The summed E-state index contributed by atoms with van der Waals surface area (Å²) in [5, 5.41) is 4.26. The summed E-state index contributed by atoms with van der Waals surface area (Å²) in [5.41, 5.74) is 3.40. The lowest BCUT2D eigenvalue weighted by Gasteiger charge is -2.23. The molecule has 4 rings (SSSR count). The van der Waals surface area contributed by atoms with E-state index in [4.69, 9.17) is 4.74 Å². The van der Waals surface area contributed by atoms with Crippen LogP contribution in [0.15, 0.2) is 36.7 Å². The van der Waals surface area contributed by atoms with Crippen LogP contribution in [0, 0.1) is 0 Å². The Labute approximate surface area is 147 Å². The molecule has 6 heteroatoms. The molecule has 2 aromatic heterocycles. The van der Waals surface area contributed by atoms with Gasteiger partial charge in [-0.15, -0.1) is 0 Å². The number of anilines is 1. The zero-order chi connectivity index (χ0) is 17.2. The first-order valence-corrected chi connectivity index (χ1v) is 8.66. The van der Waals surface area contributed by atoms with Crippen molar-refractivity contribution in [2.24, 2.45) is 0 Å². The number of likely N-dealkylation sites (tertiary alicyclic amines) is 1. The van der Waals surface area contributed by atoms with Crippen LogP contribution in [0.2, 0.25) is 0 Å². The van der Waals surface area contributed by atoms with Crippen molar-refractivity contribution >= 4 is 16.7 Å². The van der Waals surface area contributed by atoms with Crippen LogP contribution in [-0.4, -0.2) is 40.6 Å². The Kier molecular flexibility index (Phi) is 4.28. The van der Waals surface area contributed by atoms with E-state index in [1.54, 1.807) is 13.3 Å². The predicted octanol–water partition coefficient (Wildman–Crippen LogP) is 3.35. The monoisotopic (exact) mass is 337 g/mol. The quantitative estimate of drug-likeness (QED) is 0.747. The van der Waals surface area contributed by atoms with Gasteiger partial charge in [-0.2, -0.15) is 0 Å². The number of H-pyrrole nitrogens is 1. The van der Waals surface area contributed by atoms with Crippen LogP contribution in [0.1, 0.15) is 30.3 Å². The zero-order valence-corrected chi connectivity index (χ0v) is 14.6. The van der Waals surface area contributed by atoms with Gasteiger partial charge in [0.15, 0.2) is 0 Å². The molecular formula is C19H23N5O. The predicted molar refractivity (Wildman–Crippen MR) is 98.8 cm³/mol. The molecule has 1 aromatic carbocycles. The van der Waals surface area contributed by atoms with E-state index in [0.717, 1.165) is 42.3 Å². The van der Waals surface area contributed by atoms with Crippen molar-refractivity contribution in [1.82, 2.24) is 19.9 Å². The van der Waals surface area contributed by atoms with E-state index in [0.29, 0.717) is 6.04 Å². The van der Waals surface area contributed by atoms with Gasteiger partial charge in [0.05, 0.1) is 31.2 Å². The van der Waals surface area contributed by atoms with Gasteiger partial charge in [-0.05, 0) is 43.7 Å². The van der Waals surface area contributed by atoms with Crippen molar-refractivity contribution in [2.75, 3.05) is 26.0 Å². The minimum Gasteiger partial charge on any atom is -0.497 e. The Morgan fingerprint density at radius 2 is 2.24 bits per heavy atom. The lowest BCUT2D eigenvalue weighted by molar-refractivity contribution is 0.242. The second-order valence-corrected chi connectivity index (χ2v) is 6.46. The Morgan fingerprint density at radius 1 is 1.32 bits per heavy atom. The first-order valence-electron chi connectivity index (χ1n) is 8.66. The Morgan fingerprint density at radius 3 is 3.08 bits per heavy atom. The second kappa shape index (κ2) is 6.72. The normalized spacial score (nSPS) is 17.9. The summed E-state index contributed by atoms with van der Waals surface area (Å²) in [4.78, 5) is 15.0. The highest BCUT2D eigenvalue weighted by molar-refractivity contribution is 5.81. The number of benzene rings is 1. The van der Waals surface area contributed by atoms with Gasteiger partial charge in [0, 0.05) is 30.2 Å². The minimum absolute atomic E-state index is 0.321. The molecule has 0 radical (unpaired) electrons. The maximum Gasteiger partial charge on any atom is 0.144 e. The lowest BCUT2D eigenvalue weighted by Crippen LogP contribution is -2.24. The van der Waals surface area contributed by atoms with Gasteiger partial charge < -0.3 is 15.0 Å². The molecule has 0 spiro atoms. The number of nitrogens with zero attached hydrogens (tertiary/aromatic N) is 3. The first-order chi connectivity index (χ1) is 12.3. The van der Waals surface area contributed by atoms with Crippen molar-refractivity contribution in [3.05, 3.63) is 48.0 Å². The van der Waals surface area contributed by atoms with E-state index in [-0.39, 0.29) is 0 Å². The summed E-state index contributed by atoms with van der Waals surface area (Å²) in [5.74, 6) is 1.71. The lowest BCUT2D eigenvalue weighted by atomic mass is 10.1. The number of ether oxygens (including phenoxy) is 1. The molecule has 6 nitrogen and oxygen atoms in total. The van der Waals surface area contributed by atoms with Crippen LogP contribution in [0.4, 0.5) is 5.82 Å². The number of rotatable bonds is 5. The Hall–Kier alpha value is -2.60. The molecule has 1 fully saturated rings. The topological polar surface area (TPSA) is 66.1 Å². The average molecular weight is 337 g/mol. The summed E-state index contributed by atoms with van der Waals surface area (Å²) in [6.07, 6.45) is 5.95. The van der Waals surface area contributed by atoms with Crippen LogP contribution >= 0.6 is 0 Å². The summed E-state index contributed by atoms with van der Waals surface area (Å²) >= 11 is 0. The molecule has 2 N–H and O–H groups in total. The minimum atomic E-state index is 0.321. The molecule has 0 amide bonds. The van der Waals surface area contributed by atoms with E-state index in [9.17, 15) is 0 Å². The zero-order valence-electron chi connectivity index (χ0n) is 14.6. The van der Waals surface area contributed by atoms with Gasteiger partial charge in [-0.3, -0.25) is 9.88 Å². The fourth-order valence-electron chi connectivity index (χ4n) is 3.61. The smallest absolute Gasteiger partial charge is 0.144 e. The summed E-state index contributed by atoms with van der Waals surface area (Å²) in [6.45, 7) is 1.96. The number of aromatic nitrogens is 3. The van der Waals surface area contributed by atoms with Crippen molar-refractivity contribution < 1.29 is 4.74 Å². The molecule has 0 saturated carbocycles. The maximum atomic E-state index is 5.32. The average Bonchev–Trinajstić information content (AvgIpc) is 3.27. The van der Waals surface area contributed by atoms with Gasteiger partial charge >= 0.3 is 0 Å². The van der Waals surface area contributed by atoms with E-state index < -0.39 is 0 Å². The third-order valence-corrected chi connectivity index (χ3v) is 4.87. The molecule has 0 unspecified atom stereocenters. The first kappa shape index (κ1) is 15.9. The highest BCUT2D eigenvalue weighted by atomic mass is 16.5. The van der Waals surface area contributed by atoms with Crippen LogP contribution in [0.5, 0.6) is 5.75 Å². The van der Waals surface area contributed by atoms with Gasteiger partial charge in [-0.1, -0.05) is 0 Å². The van der Waals surface area contributed by atoms with Gasteiger partial charge in [0.1, 0.15) is 11.6 Å². The fraction of sp³-hybridized carbons (Fsp3) is 0.368. The standard InChI is InChI=1S/C19H23N5O/c1-20-19-11-21-10-17(23-19)18-4-3-7-24(18)12-14-8-13-9-15(25-2)5-6-16(13)22-14/h5-6,8-11,18,22H,3-4,7,12H2,1-2H3,(H,20,23)/t18-/m1/s1. The van der Waals surface area contributed by atoms with Crippen molar-refractivity contribution in [3.63, 3.8) is 0 Å². The molecule has 0 aliphatic carbocycles. The van der Waals surface area contributed by atoms with Crippen molar-refractivity contribution in [3.8, 4) is 5.75 Å². The molecule has 25 heavy (non-hydrogen) atoms. The fourth-order valence-corrected chi connectivity index (χ4v) is 3.61. The number of hydrogen-bond donors (Lipinski definition) is 2. The largest absolute Gasteiger partial charge is 0.497 e. The molecule has 0 bridgehead atoms. The Balaban J connectivity index is 1.56. The Bertz CT molecular complexity index is 875. The summed E-state index contributed by atoms with van der Waals surface area (Å²) in [7, 11) is 3.57. The van der Waals surface area contributed by atoms with E-state index >= 15 is 0 Å². The van der Waals surface area contributed by atoms with Gasteiger partial charge in [-0.25, -0.2) is 4.98 Å². The van der Waals surface area contributed by atoms with E-state index in [2.05, 4.69) is 43.4 Å². The number of hydrogen-bond acceptors (Lipinski definition) is 5. The van der Waals surface area contributed by atoms with Gasteiger partial charge in [0.2, 0.25) is 0 Å². The van der Waals surface area contributed by atoms with Crippen molar-refractivity contribution in [1.29, 1.82) is 0 Å². The SMILES string of the molecule is CNc1cncc([C@H]2CCCN2Cc2cc3cc(OC)ccc3[nH]2)n1. The maximum absolute atomic E-state index is 5.32. The van der Waals surface area contributed by atoms with Gasteiger partial charge in [0.25, 0.3) is 0 Å². The molecule has 1 aliphatic rings. The number of aromatic amines is 1. The van der Waals surface area contributed by atoms with E-state index in [1.165, 1.54) is 17.5 Å².